The molecule has 1 saturated carbocycles. The van der Waals surface area contributed by atoms with Gasteiger partial charge in [0.1, 0.15) is 5.76 Å². The fraction of sp³-hybridized carbons (Fsp3) is 0.615. The van der Waals surface area contributed by atoms with E-state index in [2.05, 4.69) is 15.8 Å². The molecule has 0 unspecified atom stereocenters. The van der Waals surface area contributed by atoms with Crippen molar-refractivity contribution in [2.24, 2.45) is 0 Å². The summed E-state index contributed by atoms with van der Waals surface area (Å²) in [5, 5.41) is 8.65. The van der Waals surface area contributed by atoms with Crippen LogP contribution in [0.5, 0.6) is 0 Å². The van der Waals surface area contributed by atoms with Crippen molar-refractivity contribution in [1.82, 2.24) is 15.8 Å². The van der Waals surface area contributed by atoms with Crippen LogP contribution >= 0.6 is 11.8 Å². The number of aryl methyl sites for hydroxylation is 2. The van der Waals surface area contributed by atoms with Crippen LogP contribution in [-0.4, -0.2) is 28.4 Å². The van der Waals surface area contributed by atoms with E-state index in [1.165, 1.54) is 11.8 Å². The molecule has 1 heterocycles. The molecular formula is C13H19N3O3S. The van der Waals surface area contributed by atoms with Crippen molar-refractivity contribution < 1.29 is 14.1 Å². The summed E-state index contributed by atoms with van der Waals surface area (Å²) in [5.41, 5.74) is 1.85. The Morgan fingerprint density at radius 2 is 2.15 bits per heavy atom. The number of aromatic nitrogens is 1. The van der Waals surface area contributed by atoms with Gasteiger partial charge >= 0.3 is 6.03 Å². The quantitative estimate of drug-likeness (QED) is 0.867. The standard InChI is InChI=1S/C13H19N3O3S/c1-7-11(8(2)19-16-7)6-20-9(3)12(17)15-13(18)14-10-4-5-10/h9-10H,4-6H2,1-3H3,(H2,14,15,17,18)/t9-/m1/s1. The van der Waals surface area contributed by atoms with Crippen LogP contribution in [0.3, 0.4) is 0 Å². The first-order valence-corrected chi connectivity index (χ1v) is 7.67. The minimum atomic E-state index is -0.401. The van der Waals surface area contributed by atoms with E-state index in [0.29, 0.717) is 5.75 Å². The predicted molar refractivity (Wildman–Crippen MR) is 76.4 cm³/mol. The van der Waals surface area contributed by atoms with E-state index in [9.17, 15) is 9.59 Å². The largest absolute Gasteiger partial charge is 0.361 e. The molecule has 1 aliphatic rings. The lowest BCUT2D eigenvalue weighted by atomic mass is 10.2. The fourth-order valence-electron chi connectivity index (χ4n) is 1.65. The number of imide groups is 1. The Morgan fingerprint density at radius 3 is 2.70 bits per heavy atom. The van der Waals surface area contributed by atoms with Gasteiger partial charge in [-0.25, -0.2) is 4.79 Å². The van der Waals surface area contributed by atoms with E-state index in [0.717, 1.165) is 29.9 Å². The van der Waals surface area contributed by atoms with Gasteiger partial charge in [0.05, 0.1) is 10.9 Å². The molecule has 2 rings (SSSR count). The number of amides is 3. The molecule has 7 heteroatoms. The summed E-state index contributed by atoms with van der Waals surface area (Å²) in [6.07, 6.45) is 2.00. The minimum absolute atomic E-state index is 0.244. The third-order valence-electron chi connectivity index (χ3n) is 3.18. The van der Waals surface area contributed by atoms with Crippen LogP contribution in [-0.2, 0) is 10.5 Å². The van der Waals surface area contributed by atoms with E-state index < -0.39 is 6.03 Å². The van der Waals surface area contributed by atoms with Crippen molar-refractivity contribution in [3.63, 3.8) is 0 Å². The van der Waals surface area contributed by atoms with Crippen LogP contribution in [0, 0.1) is 13.8 Å². The third kappa shape index (κ3) is 4.00. The molecule has 2 N–H and O–H groups in total. The third-order valence-corrected chi connectivity index (χ3v) is 4.35. The number of thioether (sulfide) groups is 1. The zero-order valence-corrected chi connectivity index (χ0v) is 12.7. The molecule has 1 aliphatic carbocycles. The van der Waals surface area contributed by atoms with Crippen LogP contribution in [0.1, 0.15) is 36.8 Å². The molecule has 1 aromatic heterocycles. The average molecular weight is 297 g/mol. The Labute approximate surface area is 122 Å². The van der Waals surface area contributed by atoms with Crippen molar-refractivity contribution in [3.8, 4) is 0 Å². The monoisotopic (exact) mass is 297 g/mol. The number of carbonyl (C=O) groups excluding carboxylic acids is 2. The Kier molecular flexibility index (Phi) is 4.69. The smallest absolute Gasteiger partial charge is 0.321 e. The maximum Gasteiger partial charge on any atom is 0.321 e. The minimum Gasteiger partial charge on any atom is -0.361 e. The molecule has 3 amide bonds. The molecule has 1 atom stereocenters. The van der Waals surface area contributed by atoms with Crippen LogP contribution in [0.4, 0.5) is 4.79 Å². The first kappa shape index (κ1) is 14.9. The second-order valence-electron chi connectivity index (χ2n) is 4.99. The Balaban J connectivity index is 1.77. The van der Waals surface area contributed by atoms with Crippen LogP contribution in [0.15, 0.2) is 4.52 Å². The van der Waals surface area contributed by atoms with Crippen molar-refractivity contribution >= 4 is 23.7 Å². The summed E-state index contributed by atoms with van der Waals surface area (Å²) >= 11 is 1.46. The molecule has 1 fully saturated rings. The van der Waals surface area contributed by atoms with E-state index in [1.54, 1.807) is 6.92 Å². The van der Waals surface area contributed by atoms with Crippen LogP contribution in [0.2, 0.25) is 0 Å². The van der Waals surface area contributed by atoms with Gasteiger partial charge in [0.2, 0.25) is 5.91 Å². The van der Waals surface area contributed by atoms with Crippen molar-refractivity contribution in [1.29, 1.82) is 0 Å². The Morgan fingerprint density at radius 1 is 1.45 bits per heavy atom. The lowest BCUT2D eigenvalue weighted by Gasteiger charge is -2.11. The van der Waals surface area contributed by atoms with E-state index in [4.69, 9.17) is 4.52 Å². The first-order valence-electron chi connectivity index (χ1n) is 6.62. The van der Waals surface area contributed by atoms with Crippen molar-refractivity contribution in [2.45, 2.75) is 50.7 Å². The number of hydrogen-bond acceptors (Lipinski definition) is 5. The topological polar surface area (TPSA) is 84.2 Å². The molecule has 0 aromatic carbocycles. The van der Waals surface area contributed by atoms with Gasteiger partial charge in [0, 0.05) is 17.4 Å². The summed E-state index contributed by atoms with van der Waals surface area (Å²) in [6, 6.07) is -0.157. The number of nitrogens with one attached hydrogen (secondary N) is 2. The highest BCUT2D eigenvalue weighted by Crippen LogP contribution is 2.23. The van der Waals surface area contributed by atoms with Gasteiger partial charge in [0.25, 0.3) is 0 Å². The highest BCUT2D eigenvalue weighted by atomic mass is 32.2. The maximum atomic E-state index is 11.9. The van der Waals surface area contributed by atoms with E-state index in [-0.39, 0.29) is 17.2 Å². The Bertz CT molecular complexity index is 491. The van der Waals surface area contributed by atoms with E-state index in [1.807, 2.05) is 13.8 Å². The van der Waals surface area contributed by atoms with E-state index >= 15 is 0 Å². The normalized spacial score (nSPS) is 15.8. The molecule has 0 bridgehead atoms. The number of carbonyl (C=O) groups is 2. The molecule has 0 radical (unpaired) electrons. The first-order chi connectivity index (χ1) is 9.47. The molecular weight excluding hydrogens is 278 g/mol. The summed E-state index contributed by atoms with van der Waals surface area (Å²) in [4.78, 5) is 23.3. The zero-order chi connectivity index (χ0) is 14.7. The SMILES string of the molecule is Cc1noc(C)c1CS[C@H](C)C(=O)NC(=O)NC1CC1. The van der Waals surface area contributed by atoms with Gasteiger partial charge in [0.15, 0.2) is 0 Å². The van der Waals surface area contributed by atoms with Gasteiger partial charge in [-0.15, -0.1) is 11.8 Å². The number of nitrogens with zero attached hydrogens (tertiary/aromatic N) is 1. The molecule has 0 saturated heterocycles. The highest BCUT2D eigenvalue weighted by molar-refractivity contribution is 7.99. The lowest BCUT2D eigenvalue weighted by Crippen LogP contribution is -2.43. The molecule has 20 heavy (non-hydrogen) atoms. The maximum absolute atomic E-state index is 11.9. The number of urea groups is 1. The molecule has 110 valence electrons. The van der Waals surface area contributed by atoms with Crippen molar-refractivity contribution in [3.05, 3.63) is 17.0 Å². The van der Waals surface area contributed by atoms with Gasteiger partial charge in [-0.1, -0.05) is 5.16 Å². The summed E-state index contributed by atoms with van der Waals surface area (Å²) < 4.78 is 5.08. The van der Waals surface area contributed by atoms with Crippen LogP contribution < -0.4 is 10.6 Å². The predicted octanol–water partition coefficient (Wildman–Crippen LogP) is 1.90. The zero-order valence-electron chi connectivity index (χ0n) is 11.9. The number of rotatable bonds is 5. The summed E-state index contributed by atoms with van der Waals surface area (Å²) in [6.45, 7) is 5.51. The van der Waals surface area contributed by atoms with Gasteiger partial charge in [-0.2, -0.15) is 0 Å². The molecule has 0 aliphatic heterocycles. The molecule has 0 spiro atoms. The summed E-state index contributed by atoms with van der Waals surface area (Å²) in [5.74, 6) is 1.13. The molecule has 6 nitrogen and oxygen atoms in total. The fourth-order valence-corrected chi connectivity index (χ4v) is 2.69. The second-order valence-corrected chi connectivity index (χ2v) is 6.32. The number of hydrogen-bond donors (Lipinski definition) is 2. The van der Waals surface area contributed by atoms with Gasteiger partial charge in [-0.05, 0) is 33.6 Å². The highest BCUT2D eigenvalue weighted by Gasteiger charge is 2.25. The lowest BCUT2D eigenvalue weighted by molar-refractivity contribution is -0.119. The van der Waals surface area contributed by atoms with Gasteiger partial charge in [-0.3, -0.25) is 10.1 Å². The molecule has 1 aromatic rings. The summed E-state index contributed by atoms with van der Waals surface area (Å²) in [7, 11) is 0. The Hall–Kier alpha value is -1.50. The van der Waals surface area contributed by atoms with Crippen molar-refractivity contribution in [2.75, 3.05) is 0 Å². The second kappa shape index (κ2) is 6.30. The van der Waals surface area contributed by atoms with Gasteiger partial charge < -0.3 is 9.84 Å². The van der Waals surface area contributed by atoms with Crippen LogP contribution in [0.25, 0.3) is 0 Å². The average Bonchev–Trinajstić information content (AvgIpc) is 3.13.